The Labute approximate surface area is 127 Å². The fourth-order valence-corrected chi connectivity index (χ4v) is 2.75. The standard InChI is InChI=1S/C15H29N3O3/c1-4-16(5-2)9-7-10-17(6-3)15(21)18-11-8-13(12-18)14(19)20/h13H,4-12H2,1-3H3,(H,19,20). The van der Waals surface area contributed by atoms with Gasteiger partial charge in [-0.3, -0.25) is 4.79 Å². The van der Waals surface area contributed by atoms with Crippen molar-refractivity contribution in [2.75, 3.05) is 45.8 Å². The van der Waals surface area contributed by atoms with E-state index in [2.05, 4.69) is 18.7 Å². The second kappa shape index (κ2) is 8.87. The van der Waals surface area contributed by atoms with Crippen molar-refractivity contribution in [3.05, 3.63) is 0 Å². The zero-order valence-corrected chi connectivity index (χ0v) is 13.5. The molecule has 1 fully saturated rings. The predicted octanol–water partition coefficient (Wildman–Crippen LogP) is 1.57. The first-order valence-corrected chi connectivity index (χ1v) is 8.02. The van der Waals surface area contributed by atoms with Crippen molar-refractivity contribution >= 4 is 12.0 Å². The molecule has 21 heavy (non-hydrogen) atoms. The summed E-state index contributed by atoms with van der Waals surface area (Å²) in [6.45, 7) is 11.6. The molecular weight excluding hydrogens is 270 g/mol. The number of carboxylic acid groups (broad SMARTS) is 1. The molecule has 1 heterocycles. The average Bonchev–Trinajstić information content (AvgIpc) is 2.97. The Morgan fingerprint density at radius 1 is 1.14 bits per heavy atom. The van der Waals surface area contributed by atoms with Crippen LogP contribution in [0.4, 0.5) is 4.79 Å². The van der Waals surface area contributed by atoms with Gasteiger partial charge < -0.3 is 19.8 Å². The van der Waals surface area contributed by atoms with Crippen LogP contribution in [0.1, 0.15) is 33.6 Å². The Hall–Kier alpha value is -1.30. The highest BCUT2D eigenvalue weighted by molar-refractivity contribution is 5.77. The molecule has 0 aliphatic carbocycles. The van der Waals surface area contributed by atoms with Crippen molar-refractivity contribution in [2.45, 2.75) is 33.6 Å². The Morgan fingerprint density at radius 2 is 1.81 bits per heavy atom. The largest absolute Gasteiger partial charge is 0.481 e. The highest BCUT2D eigenvalue weighted by atomic mass is 16.4. The van der Waals surface area contributed by atoms with E-state index in [0.717, 1.165) is 32.6 Å². The summed E-state index contributed by atoms with van der Waals surface area (Å²) >= 11 is 0. The molecule has 0 radical (unpaired) electrons. The van der Waals surface area contributed by atoms with Gasteiger partial charge in [0.15, 0.2) is 0 Å². The summed E-state index contributed by atoms with van der Waals surface area (Å²) in [6, 6.07) is -0.0132. The molecule has 0 spiro atoms. The third-order valence-electron chi connectivity index (χ3n) is 4.26. The SMILES string of the molecule is CCN(CC)CCCN(CC)C(=O)N1CCC(C(=O)O)C1. The van der Waals surface area contributed by atoms with Crippen LogP contribution in [0.3, 0.4) is 0 Å². The predicted molar refractivity (Wildman–Crippen MR) is 82.4 cm³/mol. The number of rotatable bonds is 8. The van der Waals surface area contributed by atoms with Gasteiger partial charge in [0.2, 0.25) is 0 Å². The number of urea groups is 1. The van der Waals surface area contributed by atoms with Gasteiger partial charge in [0, 0.05) is 26.2 Å². The molecule has 0 aromatic heterocycles. The zero-order chi connectivity index (χ0) is 15.8. The van der Waals surface area contributed by atoms with Crippen LogP contribution >= 0.6 is 0 Å². The number of nitrogens with zero attached hydrogens (tertiary/aromatic N) is 3. The molecule has 6 heteroatoms. The topological polar surface area (TPSA) is 64.1 Å². The summed E-state index contributed by atoms with van der Waals surface area (Å²) in [5, 5.41) is 9.01. The van der Waals surface area contributed by atoms with Gasteiger partial charge in [0.25, 0.3) is 0 Å². The first-order valence-electron chi connectivity index (χ1n) is 8.02. The lowest BCUT2D eigenvalue weighted by Crippen LogP contribution is -2.43. The molecule has 1 atom stereocenters. The highest BCUT2D eigenvalue weighted by Gasteiger charge is 2.32. The number of aliphatic carboxylic acids is 1. The molecule has 0 aromatic carbocycles. The van der Waals surface area contributed by atoms with Crippen LogP contribution in [0.5, 0.6) is 0 Å². The molecule has 1 saturated heterocycles. The lowest BCUT2D eigenvalue weighted by molar-refractivity contribution is -0.141. The van der Waals surface area contributed by atoms with E-state index in [1.54, 1.807) is 4.90 Å². The first-order chi connectivity index (χ1) is 10.0. The number of likely N-dealkylation sites (tertiary alicyclic amines) is 1. The molecular formula is C15H29N3O3. The number of carboxylic acids is 1. The van der Waals surface area contributed by atoms with E-state index >= 15 is 0 Å². The van der Waals surface area contributed by atoms with Gasteiger partial charge in [-0.15, -0.1) is 0 Å². The maximum Gasteiger partial charge on any atom is 0.320 e. The third kappa shape index (κ3) is 5.19. The van der Waals surface area contributed by atoms with Gasteiger partial charge in [-0.1, -0.05) is 13.8 Å². The lowest BCUT2D eigenvalue weighted by atomic mass is 10.1. The van der Waals surface area contributed by atoms with Crippen molar-refractivity contribution in [2.24, 2.45) is 5.92 Å². The second-order valence-electron chi connectivity index (χ2n) is 5.51. The minimum atomic E-state index is -0.796. The summed E-state index contributed by atoms with van der Waals surface area (Å²) in [5.41, 5.74) is 0. The number of hydrogen-bond donors (Lipinski definition) is 1. The number of carbonyl (C=O) groups excluding carboxylic acids is 1. The molecule has 0 bridgehead atoms. The van der Waals surface area contributed by atoms with Gasteiger partial charge in [-0.25, -0.2) is 4.79 Å². The van der Waals surface area contributed by atoms with Crippen molar-refractivity contribution in [3.63, 3.8) is 0 Å². The monoisotopic (exact) mass is 299 g/mol. The molecule has 122 valence electrons. The van der Waals surface area contributed by atoms with Crippen LogP contribution in [0.25, 0.3) is 0 Å². The van der Waals surface area contributed by atoms with Gasteiger partial charge in [0.05, 0.1) is 5.92 Å². The summed E-state index contributed by atoms with van der Waals surface area (Å²) in [4.78, 5) is 29.2. The quantitative estimate of drug-likeness (QED) is 0.739. The summed E-state index contributed by atoms with van der Waals surface area (Å²) in [6.07, 6.45) is 1.52. The minimum Gasteiger partial charge on any atom is -0.481 e. The van der Waals surface area contributed by atoms with Gasteiger partial charge in [-0.05, 0) is 39.4 Å². The maximum atomic E-state index is 12.4. The molecule has 1 aliphatic rings. The molecule has 6 nitrogen and oxygen atoms in total. The van der Waals surface area contributed by atoms with E-state index in [0.29, 0.717) is 26.1 Å². The van der Waals surface area contributed by atoms with Crippen LogP contribution in [-0.4, -0.2) is 77.6 Å². The van der Waals surface area contributed by atoms with Crippen LogP contribution < -0.4 is 0 Å². The Bertz CT molecular complexity index is 345. The van der Waals surface area contributed by atoms with E-state index in [-0.39, 0.29) is 6.03 Å². The molecule has 1 rings (SSSR count). The van der Waals surface area contributed by atoms with Crippen LogP contribution in [0, 0.1) is 5.92 Å². The number of carbonyl (C=O) groups is 2. The average molecular weight is 299 g/mol. The Morgan fingerprint density at radius 3 is 2.29 bits per heavy atom. The molecule has 1 aliphatic heterocycles. The zero-order valence-electron chi connectivity index (χ0n) is 13.5. The molecule has 0 aromatic rings. The van der Waals surface area contributed by atoms with E-state index in [9.17, 15) is 9.59 Å². The third-order valence-corrected chi connectivity index (χ3v) is 4.26. The molecule has 2 amide bonds. The maximum absolute atomic E-state index is 12.4. The van der Waals surface area contributed by atoms with Crippen molar-refractivity contribution in [1.82, 2.24) is 14.7 Å². The second-order valence-corrected chi connectivity index (χ2v) is 5.51. The Balaban J connectivity index is 2.41. The van der Waals surface area contributed by atoms with Gasteiger partial charge in [0.1, 0.15) is 0 Å². The van der Waals surface area contributed by atoms with Crippen LogP contribution in [0.15, 0.2) is 0 Å². The first kappa shape index (κ1) is 17.8. The van der Waals surface area contributed by atoms with E-state index in [4.69, 9.17) is 5.11 Å². The normalized spacial score (nSPS) is 18.3. The van der Waals surface area contributed by atoms with Gasteiger partial charge in [-0.2, -0.15) is 0 Å². The summed E-state index contributed by atoms with van der Waals surface area (Å²) in [5.74, 6) is -1.20. The Kier molecular flexibility index (Phi) is 7.50. The van der Waals surface area contributed by atoms with Crippen molar-refractivity contribution in [1.29, 1.82) is 0 Å². The fourth-order valence-electron chi connectivity index (χ4n) is 2.75. The van der Waals surface area contributed by atoms with Crippen LogP contribution in [-0.2, 0) is 4.79 Å². The lowest BCUT2D eigenvalue weighted by Gasteiger charge is -2.28. The smallest absolute Gasteiger partial charge is 0.320 e. The van der Waals surface area contributed by atoms with Crippen molar-refractivity contribution in [3.8, 4) is 0 Å². The van der Waals surface area contributed by atoms with Crippen LogP contribution in [0.2, 0.25) is 0 Å². The molecule has 1 N–H and O–H groups in total. The van der Waals surface area contributed by atoms with E-state index in [1.165, 1.54) is 0 Å². The summed E-state index contributed by atoms with van der Waals surface area (Å²) < 4.78 is 0. The van der Waals surface area contributed by atoms with Gasteiger partial charge >= 0.3 is 12.0 Å². The number of amides is 2. The van der Waals surface area contributed by atoms with E-state index < -0.39 is 11.9 Å². The molecule has 1 unspecified atom stereocenters. The highest BCUT2D eigenvalue weighted by Crippen LogP contribution is 2.18. The van der Waals surface area contributed by atoms with E-state index in [1.807, 2.05) is 11.8 Å². The fraction of sp³-hybridized carbons (Fsp3) is 0.867. The van der Waals surface area contributed by atoms with Crippen molar-refractivity contribution < 1.29 is 14.7 Å². The molecule has 0 saturated carbocycles. The number of hydrogen-bond acceptors (Lipinski definition) is 3. The summed E-state index contributed by atoms with van der Waals surface area (Å²) in [7, 11) is 0. The minimum absolute atomic E-state index is 0.0132.